The zero-order chi connectivity index (χ0) is 16.6. The number of nitrogens with zero attached hydrogens (tertiary/aromatic N) is 3. The van der Waals surface area contributed by atoms with E-state index in [4.69, 9.17) is 4.98 Å². The van der Waals surface area contributed by atoms with Crippen LogP contribution < -0.4 is 4.90 Å². The fourth-order valence-electron chi connectivity index (χ4n) is 3.53. The largest absolute Gasteiger partial charge is 0.310 e. The Hall–Kier alpha value is -3.20. The van der Waals surface area contributed by atoms with Crippen LogP contribution >= 0.6 is 0 Å². The summed E-state index contributed by atoms with van der Waals surface area (Å²) in [4.78, 5) is 11.6. The van der Waals surface area contributed by atoms with Crippen LogP contribution in [0.25, 0.3) is 22.0 Å². The predicted octanol–water partition coefficient (Wildman–Crippen LogP) is 4.99. The van der Waals surface area contributed by atoms with Crippen molar-refractivity contribution in [3.05, 3.63) is 84.6 Å². The second-order valence-electron chi connectivity index (χ2n) is 6.33. The van der Waals surface area contributed by atoms with E-state index < -0.39 is 0 Å². The fourth-order valence-corrected chi connectivity index (χ4v) is 3.53. The monoisotopic (exact) mass is 323 g/mol. The van der Waals surface area contributed by atoms with Crippen molar-refractivity contribution in [2.45, 2.75) is 6.42 Å². The van der Waals surface area contributed by atoms with Gasteiger partial charge in [0.25, 0.3) is 0 Å². The normalized spacial score (nSPS) is 13.2. The molecule has 0 saturated heterocycles. The minimum absolute atomic E-state index is 0.774. The summed E-state index contributed by atoms with van der Waals surface area (Å²) in [5.74, 6) is 0.774. The van der Waals surface area contributed by atoms with E-state index in [0.717, 1.165) is 30.2 Å². The van der Waals surface area contributed by atoms with Crippen LogP contribution in [-0.4, -0.2) is 16.5 Å². The molecule has 0 radical (unpaired) electrons. The van der Waals surface area contributed by atoms with E-state index in [0.29, 0.717) is 0 Å². The molecule has 25 heavy (non-hydrogen) atoms. The van der Waals surface area contributed by atoms with Gasteiger partial charge in [0, 0.05) is 24.0 Å². The highest BCUT2D eigenvalue weighted by molar-refractivity contribution is 5.86. The summed E-state index contributed by atoms with van der Waals surface area (Å²) < 4.78 is 0. The van der Waals surface area contributed by atoms with Crippen LogP contribution in [0.4, 0.5) is 11.6 Å². The van der Waals surface area contributed by atoms with Crippen LogP contribution in [0, 0.1) is 0 Å². The molecule has 3 nitrogen and oxygen atoms in total. The van der Waals surface area contributed by atoms with Crippen molar-refractivity contribution in [2.75, 3.05) is 11.4 Å². The maximum atomic E-state index is 4.85. The number of aromatic nitrogens is 2. The molecule has 3 aromatic carbocycles. The highest BCUT2D eigenvalue weighted by atomic mass is 15.3. The first-order valence-electron chi connectivity index (χ1n) is 8.56. The predicted molar refractivity (Wildman–Crippen MR) is 102 cm³/mol. The number of hydrogen-bond donors (Lipinski definition) is 0. The van der Waals surface area contributed by atoms with E-state index in [1.165, 1.54) is 22.0 Å². The lowest BCUT2D eigenvalue weighted by molar-refractivity contribution is 0.941. The van der Waals surface area contributed by atoms with Gasteiger partial charge in [0.15, 0.2) is 0 Å². The molecule has 1 aliphatic rings. The van der Waals surface area contributed by atoms with Gasteiger partial charge in [0.1, 0.15) is 0 Å². The average Bonchev–Trinajstić information content (AvgIpc) is 3.12. The lowest BCUT2D eigenvalue weighted by atomic mass is 10.1. The van der Waals surface area contributed by atoms with E-state index in [1.54, 1.807) is 0 Å². The fraction of sp³-hybridized carbons (Fsp3) is 0.0909. The first-order chi connectivity index (χ1) is 12.4. The van der Waals surface area contributed by atoms with E-state index in [-0.39, 0.29) is 0 Å². The van der Waals surface area contributed by atoms with Crippen LogP contribution in [0.5, 0.6) is 0 Å². The van der Waals surface area contributed by atoms with Gasteiger partial charge < -0.3 is 4.90 Å². The first-order valence-corrected chi connectivity index (χ1v) is 8.56. The summed E-state index contributed by atoms with van der Waals surface area (Å²) in [6.45, 7) is 0.931. The molecule has 0 unspecified atom stereocenters. The zero-order valence-corrected chi connectivity index (χ0v) is 13.8. The van der Waals surface area contributed by atoms with Gasteiger partial charge in [0.2, 0.25) is 5.95 Å². The molecule has 5 rings (SSSR count). The number of benzene rings is 3. The SMILES string of the molecule is c1ccc2c(c1)CCN2c1nccc(-c2ccc3ccccc3c2)n1. The number of anilines is 2. The van der Waals surface area contributed by atoms with E-state index in [1.807, 2.05) is 12.3 Å². The van der Waals surface area contributed by atoms with E-state index >= 15 is 0 Å². The molecular weight excluding hydrogens is 306 g/mol. The molecule has 0 bridgehead atoms. The minimum Gasteiger partial charge on any atom is -0.310 e. The Morgan fingerprint density at radius 2 is 1.64 bits per heavy atom. The molecule has 0 saturated carbocycles. The summed E-state index contributed by atoms with van der Waals surface area (Å²) in [5, 5.41) is 2.47. The second-order valence-corrected chi connectivity index (χ2v) is 6.33. The van der Waals surface area contributed by atoms with Gasteiger partial charge in [-0.3, -0.25) is 0 Å². The molecule has 0 fully saturated rings. The lowest BCUT2D eigenvalue weighted by Gasteiger charge is -2.17. The smallest absolute Gasteiger partial charge is 0.230 e. The molecule has 4 aromatic rings. The Balaban J connectivity index is 1.57. The molecule has 1 aromatic heterocycles. The Morgan fingerprint density at radius 3 is 2.60 bits per heavy atom. The van der Waals surface area contributed by atoms with Gasteiger partial charge in [-0.15, -0.1) is 0 Å². The van der Waals surface area contributed by atoms with Crippen molar-refractivity contribution >= 4 is 22.4 Å². The molecule has 0 amide bonds. The maximum absolute atomic E-state index is 4.85. The van der Waals surface area contributed by atoms with Crippen molar-refractivity contribution in [2.24, 2.45) is 0 Å². The molecule has 3 heteroatoms. The number of rotatable bonds is 2. The molecule has 0 atom stereocenters. The van der Waals surface area contributed by atoms with Crippen LogP contribution in [0.15, 0.2) is 79.0 Å². The summed E-state index contributed by atoms with van der Waals surface area (Å²) in [6.07, 6.45) is 2.90. The molecule has 2 heterocycles. The summed E-state index contributed by atoms with van der Waals surface area (Å²) in [5.41, 5.74) is 4.66. The van der Waals surface area contributed by atoms with Gasteiger partial charge in [-0.2, -0.15) is 0 Å². The highest BCUT2D eigenvalue weighted by Crippen LogP contribution is 2.33. The molecular formula is C22H17N3. The number of para-hydroxylation sites is 1. The third-order valence-corrected chi connectivity index (χ3v) is 4.82. The Bertz CT molecular complexity index is 1070. The van der Waals surface area contributed by atoms with Gasteiger partial charge in [-0.05, 0) is 41.0 Å². The van der Waals surface area contributed by atoms with Crippen molar-refractivity contribution < 1.29 is 0 Å². The third kappa shape index (κ3) is 2.45. The Kier molecular flexibility index (Phi) is 3.23. The zero-order valence-electron chi connectivity index (χ0n) is 13.8. The highest BCUT2D eigenvalue weighted by Gasteiger charge is 2.22. The Morgan fingerprint density at radius 1 is 0.800 bits per heavy atom. The molecule has 0 N–H and O–H groups in total. The lowest BCUT2D eigenvalue weighted by Crippen LogP contribution is -2.16. The van der Waals surface area contributed by atoms with Gasteiger partial charge in [-0.25, -0.2) is 9.97 Å². The number of fused-ring (bicyclic) bond motifs is 2. The summed E-state index contributed by atoms with van der Waals surface area (Å²) >= 11 is 0. The molecule has 0 spiro atoms. The van der Waals surface area contributed by atoms with Crippen LogP contribution in [0.2, 0.25) is 0 Å². The maximum Gasteiger partial charge on any atom is 0.230 e. The minimum atomic E-state index is 0.774. The summed E-state index contributed by atoms with van der Waals surface area (Å²) in [6, 6.07) is 25.4. The van der Waals surface area contributed by atoms with Gasteiger partial charge in [0.05, 0.1) is 5.69 Å². The van der Waals surface area contributed by atoms with Crippen LogP contribution in [0.1, 0.15) is 5.56 Å². The van der Waals surface area contributed by atoms with Crippen LogP contribution in [0.3, 0.4) is 0 Å². The van der Waals surface area contributed by atoms with Crippen molar-refractivity contribution in [3.8, 4) is 11.3 Å². The average molecular weight is 323 g/mol. The van der Waals surface area contributed by atoms with Gasteiger partial charge in [-0.1, -0.05) is 54.6 Å². The Labute approximate surface area is 146 Å². The van der Waals surface area contributed by atoms with Crippen molar-refractivity contribution in [3.63, 3.8) is 0 Å². The molecule has 0 aliphatic carbocycles. The third-order valence-electron chi connectivity index (χ3n) is 4.82. The first kappa shape index (κ1) is 14.2. The molecule has 120 valence electrons. The standard InChI is InChI=1S/C22H17N3/c1-2-7-18-15-19(10-9-16(18)5-1)20-11-13-23-22(24-20)25-14-12-17-6-3-4-8-21(17)25/h1-11,13,15H,12,14H2. The van der Waals surface area contributed by atoms with Crippen molar-refractivity contribution in [1.29, 1.82) is 0 Å². The van der Waals surface area contributed by atoms with E-state index in [2.05, 4.69) is 76.6 Å². The van der Waals surface area contributed by atoms with Crippen LogP contribution in [-0.2, 0) is 6.42 Å². The van der Waals surface area contributed by atoms with Crippen molar-refractivity contribution in [1.82, 2.24) is 9.97 Å². The topological polar surface area (TPSA) is 29.0 Å². The van der Waals surface area contributed by atoms with E-state index in [9.17, 15) is 0 Å². The second kappa shape index (κ2) is 5.71. The van der Waals surface area contributed by atoms with Gasteiger partial charge >= 0.3 is 0 Å². The molecule has 1 aliphatic heterocycles. The number of hydrogen-bond acceptors (Lipinski definition) is 3. The quantitative estimate of drug-likeness (QED) is 0.520. The summed E-state index contributed by atoms with van der Waals surface area (Å²) in [7, 11) is 0.